The number of hydrogen-bond acceptors (Lipinski definition) is 3. The van der Waals surface area contributed by atoms with Crippen LogP contribution in [0.15, 0.2) is 36.7 Å². The van der Waals surface area contributed by atoms with E-state index in [0.29, 0.717) is 11.1 Å². The van der Waals surface area contributed by atoms with Crippen LogP contribution >= 0.6 is 11.6 Å². The van der Waals surface area contributed by atoms with Gasteiger partial charge in [0, 0.05) is 29.7 Å². The van der Waals surface area contributed by atoms with E-state index in [1.165, 1.54) is 31.4 Å². The number of aryl methyl sites for hydroxylation is 1. The first-order chi connectivity index (χ1) is 11.8. The number of imidazole rings is 1. The standard InChI is InChI=1S/C19H21ClN4/c1-2-14-8-5-9-17-23-18(15-10-11-21-12-16(15)20)19(24(14)17)22-13-6-3-4-7-13/h5,8-13,22H,2-4,6-7H2,1H3. The summed E-state index contributed by atoms with van der Waals surface area (Å²) in [5, 5.41) is 4.39. The molecule has 0 saturated heterocycles. The van der Waals surface area contributed by atoms with Crippen LogP contribution in [-0.4, -0.2) is 20.4 Å². The van der Waals surface area contributed by atoms with Gasteiger partial charge in [-0.1, -0.05) is 37.4 Å². The lowest BCUT2D eigenvalue weighted by atomic mass is 10.1. The number of anilines is 1. The third-order valence-electron chi connectivity index (χ3n) is 4.81. The van der Waals surface area contributed by atoms with Gasteiger partial charge in [0.2, 0.25) is 0 Å². The summed E-state index contributed by atoms with van der Waals surface area (Å²) in [6.07, 6.45) is 9.42. The molecule has 0 atom stereocenters. The lowest BCUT2D eigenvalue weighted by molar-refractivity contribution is 0.747. The number of rotatable bonds is 4. The molecule has 1 N–H and O–H groups in total. The summed E-state index contributed by atoms with van der Waals surface area (Å²) in [4.78, 5) is 8.99. The Balaban J connectivity index is 1.93. The van der Waals surface area contributed by atoms with Crippen molar-refractivity contribution in [3.63, 3.8) is 0 Å². The molecule has 3 heterocycles. The Hall–Kier alpha value is -2.07. The maximum absolute atomic E-state index is 6.41. The van der Waals surface area contributed by atoms with E-state index >= 15 is 0 Å². The molecule has 0 amide bonds. The summed E-state index contributed by atoms with van der Waals surface area (Å²) in [6.45, 7) is 2.17. The zero-order valence-corrected chi connectivity index (χ0v) is 14.6. The van der Waals surface area contributed by atoms with Crippen molar-refractivity contribution in [2.45, 2.75) is 45.1 Å². The molecule has 0 bridgehead atoms. The first-order valence-electron chi connectivity index (χ1n) is 8.64. The van der Waals surface area contributed by atoms with Crippen LogP contribution in [0.3, 0.4) is 0 Å². The largest absolute Gasteiger partial charge is 0.367 e. The fraction of sp³-hybridized carbons (Fsp3) is 0.368. The Morgan fingerprint density at radius 3 is 2.83 bits per heavy atom. The highest BCUT2D eigenvalue weighted by Gasteiger charge is 2.22. The number of aromatic nitrogens is 3. The first-order valence-corrected chi connectivity index (χ1v) is 9.02. The van der Waals surface area contributed by atoms with E-state index in [2.05, 4.69) is 39.8 Å². The number of nitrogens with one attached hydrogen (secondary N) is 1. The van der Waals surface area contributed by atoms with E-state index in [4.69, 9.17) is 16.6 Å². The summed E-state index contributed by atoms with van der Waals surface area (Å²) in [5.74, 6) is 1.06. The van der Waals surface area contributed by atoms with E-state index < -0.39 is 0 Å². The molecule has 1 aliphatic carbocycles. The predicted molar refractivity (Wildman–Crippen MR) is 98.7 cm³/mol. The number of nitrogens with zero attached hydrogens (tertiary/aromatic N) is 3. The van der Waals surface area contributed by atoms with Crippen molar-refractivity contribution in [3.05, 3.63) is 47.4 Å². The summed E-state index contributed by atoms with van der Waals surface area (Å²) >= 11 is 6.41. The second kappa shape index (κ2) is 6.44. The van der Waals surface area contributed by atoms with Crippen molar-refractivity contribution in [3.8, 4) is 11.3 Å². The zero-order chi connectivity index (χ0) is 16.5. The third kappa shape index (κ3) is 2.65. The van der Waals surface area contributed by atoms with Crippen LogP contribution < -0.4 is 5.32 Å². The molecule has 124 valence electrons. The van der Waals surface area contributed by atoms with Crippen LogP contribution in [0, 0.1) is 0 Å². The molecule has 0 spiro atoms. The molecular formula is C19H21ClN4. The van der Waals surface area contributed by atoms with Crippen molar-refractivity contribution in [1.82, 2.24) is 14.4 Å². The lowest BCUT2D eigenvalue weighted by Gasteiger charge is -2.16. The lowest BCUT2D eigenvalue weighted by Crippen LogP contribution is -2.17. The molecule has 0 radical (unpaired) electrons. The minimum absolute atomic E-state index is 0.508. The van der Waals surface area contributed by atoms with Crippen LogP contribution in [0.4, 0.5) is 5.82 Å². The van der Waals surface area contributed by atoms with Crippen LogP contribution in [0.2, 0.25) is 5.02 Å². The predicted octanol–water partition coefficient (Wildman–Crippen LogP) is 4.97. The Morgan fingerprint density at radius 1 is 1.25 bits per heavy atom. The molecule has 1 saturated carbocycles. The van der Waals surface area contributed by atoms with Gasteiger partial charge in [0.25, 0.3) is 0 Å². The van der Waals surface area contributed by atoms with E-state index in [1.54, 1.807) is 12.4 Å². The Bertz CT molecular complexity index is 865. The fourth-order valence-electron chi connectivity index (χ4n) is 3.59. The molecule has 1 fully saturated rings. The highest BCUT2D eigenvalue weighted by atomic mass is 35.5. The van der Waals surface area contributed by atoms with Gasteiger partial charge in [-0.3, -0.25) is 9.38 Å². The summed E-state index contributed by atoms with van der Waals surface area (Å²) in [6, 6.07) is 8.73. The molecule has 24 heavy (non-hydrogen) atoms. The van der Waals surface area contributed by atoms with Gasteiger partial charge in [-0.25, -0.2) is 4.98 Å². The third-order valence-corrected chi connectivity index (χ3v) is 5.11. The maximum Gasteiger partial charge on any atom is 0.139 e. The SMILES string of the molecule is CCc1cccc2nc(-c3ccncc3Cl)c(NC3CCCC3)n12. The Labute approximate surface area is 146 Å². The van der Waals surface area contributed by atoms with E-state index in [1.807, 2.05) is 6.07 Å². The van der Waals surface area contributed by atoms with E-state index in [9.17, 15) is 0 Å². The Morgan fingerprint density at radius 2 is 2.08 bits per heavy atom. The summed E-state index contributed by atoms with van der Waals surface area (Å²) < 4.78 is 2.24. The molecule has 3 aromatic rings. The normalized spacial score (nSPS) is 15.2. The van der Waals surface area contributed by atoms with Crippen molar-refractivity contribution >= 4 is 23.1 Å². The summed E-state index contributed by atoms with van der Waals surface area (Å²) in [5.41, 5.74) is 4.04. The minimum atomic E-state index is 0.508. The molecule has 4 nitrogen and oxygen atoms in total. The van der Waals surface area contributed by atoms with Crippen LogP contribution in [0.25, 0.3) is 16.9 Å². The number of pyridine rings is 2. The van der Waals surface area contributed by atoms with Gasteiger partial charge in [0.1, 0.15) is 17.2 Å². The summed E-state index contributed by atoms with van der Waals surface area (Å²) in [7, 11) is 0. The maximum atomic E-state index is 6.41. The number of fused-ring (bicyclic) bond motifs is 1. The van der Waals surface area contributed by atoms with E-state index in [-0.39, 0.29) is 0 Å². The van der Waals surface area contributed by atoms with Crippen molar-refractivity contribution < 1.29 is 0 Å². The quantitative estimate of drug-likeness (QED) is 0.729. The average molecular weight is 341 g/mol. The highest BCUT2D eigenvalue weighted by Crippen LogP contribution is 2.35. The van der Waals surface area contributed by atoms with E-state index in [0.717, 1.165) is 29.1 Å². The molecule has 0 unspecified atom stereocenters. The molecule has 4 rings (SSSR count). The molecule has 5 heteroatoms. The topological polar surface area (TPSA) is 42.2 Å². The Kier molecular flexibility index (Phi) is 4.15. The molecular weight excluding hydrogens is 320 g/mol. The van der Waals surface area contributed by atoms with Gasteiger partial charge in [-0.05, 0) is 37.5 Å². The van der Waals surface area contributed by atoms with Crippen molar-refractivity contribution in [2.24, 2.45) is 0 Å². The van der Waals surface area contributed by atoms with Crippen molar-refractivity contribution in [2.75, 3.05) is 5.32 Å². The van der Waals surface area contributed by atoms with Gasteiger partial charge in [-0.2, -0.15) is 0 Å². The highest BCUT2D eigenvalue weighted by molar-refractivity contribution is 6.33. The van der Waals surface area contributed by atoms with Gasteiger partial charge in [0.05, 0.1) is 5.02 Å². The van der Waals surface area contributed by atoms with Crippen LogP contribution in [0.5, 0.6) is 0 Å². The van der Waals surface area contributed by atoms with Gasteiger partial charge < -0.3 is 5.32 Å². The molecule has 3 aromatic heterocycles. The first kappa shape index (κ1) is 15.5. The minimum Gasteiger partial charge on any atom is -0.367 e. The van der Waals surface area contributed by atoms with Gasteiger partial charge in [-0.15, -0.1) is 0 Å². The second-order valence-electron chi connectivity index (χ2n) is 6.35. The van der Waals surface area contributed by atoms with Crippen molar-refractivity contribution in [1.29, 1.82) is 0 Å². The molecule has 1 aliphatic rings. The monoisotopic (exact) mass is 340 g/mol. The number of halogens is 1. The van der Waals surface area contributed by atoms with Gasteiger partial charge in [0.15, 0.2) is 0 Å². The average Bonchev–Trinajstić information content (AvgIpc) is 3.24. The van der Waals surface area contributed by atoms with Gasteiger partial charge >= 0.3 is 0 Å². The van der Waals surface area contributed by atoms with Crippen LogP contribution in [-0.2, 0) is 6.42 Å². The number of hydrogen-bond donors (Lipinski definition) is 1. The zero-order valence-electron chi connectivity index (χ0n) is 13.8. The van der Waals surface area contributed by atoms with Crippen LogP contribution in [0.1, 0.15) is 38.3 Å². The fourth-order valence-corrected chi connectivity index (χ4v) is 3.80. The molecule has 0 aliphatic heterocycles. The smallest absolute Gasteiger partial charge is 0.139 e. The second-order valence-corrected chi connectivity index (χ2v) is 6.76. The molecule has 0 aromatic carbocycles.